The first-order valence-corrected chi connectivity index (χ1v) is 7.89. The minimum Gasteiger partial charge on any atom is -0.353 e. The maximum atomic E-state index is 12.0. The maximum Gasteiger partial charge on any atom is 0.235 e. The Hall–Kier alpha value is -1.14. The van der Waals surface area contributed by atoms with E-state index in [4.69, 9.17) is 11.6 Å². The van der Waals surface area contributed by atoms with Crippen molar-refractivity contribution < 1.29 is 13.2 Å². The predicted octanol–water partition coefficient (Wildman–Crippen LogP) is 1.67. The smallest absolute Gasteiger partial charge is 0.235 e. The van der Waals surface area contributed by atoms with Gasteiger partial charge in [-0.3, -0.25) is 4.79 Å². The topological polar surface area (TPSA) is 76.1 Å². The Balaban J connectivity index is 2.82. The number of carbonyl (C=O) groups is 1. The zero-order valence-corrected chi connectivity index (χ0v) is 12.6. The van der Waals surface area contributed by atoms with Gasteiger partial charge in [-0.1, -0.05) is 25.4 Å². The maximum absolute atomic E-state index is 12.0. The molecule has 1 aromatic heterocycles. The summed E-state index contributed by atoms with van der Waals surface area (Å²) in [4.78, 5) is 15.4. The fraction of sp³-hybridized carbons (Fsp3) is 0.500. The molecule has 1 unspecified atom stereocenters. The van der Waals surface area contributed by atoms with E-state index in [-0.39, 0.29) is 22.0 Å². The lowest BCUT2D eigenvalue weighted by Gasteiger charge is -2.17. The number of hydrogen-bond acceptors (Lipinski definition) is 4. The molecule has 0 bridgehead atoms. The average Bonchev–Trinajstić information content (AvgIpc) is 2.27. The second-order valence-electron chi connectivity index (χ2n) is 4.65. The molecule has 19 heavy (non-hydrogen) atoms. The van der Waals surface area contributed by atoms with Crippen LogP contribution in [0.2, 0.25) is 5.02 Å². The van der Waals surface area contributed by atoms with Gasteiger partial charge in [0.1, 0.15) is 5.75 Å². The van der Waals surface area contributed by atoms with Gasteiger partial charge in [0.25, 0.3) is 0 Å². The Morgan fingerprint density at radius 3 is 2.58 bits per heavy atom. The molecule has 1 N–H and O–H groups in total. The molecule has 0 radical (unpaired) electrons. The monoisotopic (exact) mass is 304 g/mol. The Bertz CT molecular complexity index is 558. The van der Waals surface area contributed by atoms with Crippen LogP contribution in [0.25, 0.3) is 0 Å². The number of sulfone groups is 1. The number of carbonyl (C=O) groups excluding carboxylic acids is 1. The third-order valence-electron chi connectivity index (χ3n) is 2.73. The highest BCUT2D eigenvalue weighted by Gasteiger charge is 2.24. The third-order valence-corrected chi connectivity index (χ3v) is 4.70. The van der Waals surface area contributed by atoms with Crippen molar-refractivity contribution in [3.8, 4) is 0 Å². The number of nitrogens with zero attached hydrogens (tertiary/aromatic N) is 1. The van der Waals surface area contributed by atoms with Gasteiger partial charge in [-0.2, -0.15) is 0 Å². The van der Waals surface area contributed by atoms with Gasteiger partial charge >= 0.3 is 0 Å². The number of aromatic nitrogens is 1. The molecule has 1 aromatic rings. The van der Waals surface area contributed by atoms with Crippen molar-refractivity contribution in [2.45, 2.75) is 31.8 Å². The van der Waals surface area contributed by atoms with Gasteiger partial charge in [-0.25, -0.2) is 13.4 Å². The molecule has 5 nitrogen and oxygen atoms in total. The highest BCUT2D eigenvalue weighted by Crippen LogP contribution is 2.18. The molecule has 0 saturated carbocycles. The second-order valence-corrected chi connectivity index (χ2v) is 6.96. The standard InChI is InChI=1S/C12H17ClN2O3S/c1-8(2)9(3)15-11(16)7-19(17,18)12-10(13)5-4-6-14-12/h4-6,8-9H,7H2,1-3H3,(H,15,16). The molecule has 1 atom stereocenters. The molecule has 1 rings (SSSR count). The van der Waals surface area contributed by atoms with Gasteiger partial charge in [-0.05, 0) is 25.0 Å². The lowest BCUT2D eigenvalue weighted by atomic mass is 10.1. The molecule has 0 aliphatic carbocycles. The van der Waals surface area contributed by atoms with Gasteiger partial charge in [-0.15, -0.1) is 0 Å². The van der Waals surface area contributed by atoms with E-state index >= 15 is 0 Å². The summed E-state index contributed by atoms with van der Waals surface area (Å²) in [5.41, 5.74) is 0. The van der Waals surface area contributed by atoms with Crippen LogP contribution < -0.4 is 5.32 Å². The molecule has 106 valence electrons. The summed E-state index contributed by atoms with van der Waals surface area (Å²) in [5, 5.41) is 2.40. The van der Waals surface area contributed by atoms with Crippen molar-refractivity contribution >= 4 is 27.3 Å². The molecule has 0 saturated heterocycles. The first-order valence-electron chi connectivity index (χ1n) is 5.86. The van der Waals surface area contributed by atoms with Crippen molar-refractivity contribution in [1.29, 1.82) is 0 Å². The van der Waals surface area contributed by atoms with Crippen LogP contribution in [0.3, 0.4) is 0 Å². The summed E-state index contributed by atoms with van der Waals surface area (Å²) in [6, 6.07) is 2.86. The van der Waals surface area contributed by atoms with Crippen molar-refractivity contribution in [2.75, 3.05) is 5.75 Å². The number of halogens is 1. The van der Waals surface area contributed by atoms with Crippen molar-refractivity contribution in [2.24, 2.45) is 5.92 Å². The van der Waals surface area contributed by atoms with Crippen molar-refractivity contribution in [1.82, 2.24) is 10.3 Å². The first kappa shape index (κ1) is 15.9. The van der Waals surface area contributed by atoms with Crippen molar-refractivity contribution in [3.05, 3.63) is 23.4 Å². The van der Waals surface area contributed by atoms with Gasteiger partial charge in [0.05, 0.1) is 5.02 Å². The zero-order valence-electron chi connectivity index (χ0n) is 11.1. The van der Waals surface area contributed by atoms with Crippen LogP contribution in [0.5, 0.6) is 0 Å². The highest BCUT2D eigenvalue weighted by atomic mass is 35.5. The van der Waals surface area contributed by atoms with Crippen LogP contribution in [-0.2, 0) is 14.6 Å². The van der Waals surface area contributed by atoms with E-state index in [0.717, 1.165) is 0 Å². The largest absolute Gasteiger partial charge is 0.353 e. The molecule has 7 heteroatoms. The Morgan fingerprint density at radius 2 is 2.05 bits per heavy atom. The Morgan fingerprint density at radius 1 is 1.42 bits per heavy atom. The quantitative estimate of drug-likeness (QED) is 0.898. The first-order chi connectivity index (χ1) is 8.74. The van der Waals surface area contributed by atoms with Gasteiger partial charge < -0.3 is 5.32 Å². The van der Waals surface area contributed by atoms with Gasteiger partial charge in [0.15, 0.2) is 5.03 Å². The third kappa shape index (κ3) is 4.47. The molecule has 0 aromatic carbocycles. The molecule has 1 heterocycles. The van der Waals surface area contributed by atoms with Crippen LogP contribution in [0.1, 0.15) is 20.8 Å². The number of rotatable bonds is 5. The van der Waals surface area contributed by atoms with E-state index in [9.17, 15) is 13.2 Å². The van der Waals surface area contributed by atoms with Gasteiger partial charge in [0, 0.05) is 12.2 Å². The van der Waals surface area contributed by atoms with Crippen LogP contribution >= 0.6 is 11.6 Å². The minimum atomic E-state index is -3.82. The number of nitrogens with one attached hydrogen (secondary N) is 1. The lowest BCUT2D eigenvalue weighted by Crippen LogP contribution is -2.39. The second kappa shape index (κ2) is 6.34. The normalized spacial score (nSPS) is 13.3. The summed E-state index contributed by atoms with van der Waals surface area (Å²) < 4.78 is 24.0. The fourth-order valence-corrected chi connectivity index (χ4v) is 2.93. The van der Waals surface area contributed by atoms with E-state index < -0.39 is 21.5 Å². The molecule has 0 fully saturated rings. The molecule has 1 amide bonds. The average molecular weight is 305 g/mol. The van der Waals surface area contributed by atoms with Crippen molar-refractivity contribution in [3.63, 3.8) is 0 Å². The fourth-order valence-electron chi connectivity index (χ4n) is 1.30. The summed E-state index contributed by atoms with van der Waals surface area (Å²) in [5.74, 6) is -0.978. The molecular formula is C12H17ClN2O3S. The molecule has 0 aliphatic heterocycles. The van der Waals surface area contributed by atoms with E-state index in [1.54, 1.807) is 0 Å². The Kier molecular flexibility index (Phi) is 5.31. The number of hydrogen-bond donors (Lipinski definition) is 1. The summed E-state index contributed by atoms with van der Waals surface area (Å²) in [6.07, 6.45) is 1.33. The molecular weight excluding hydrogens is 288 g/mol. The number of amides is 1. The van der Waals surface area contributed by atoms with E-state index in [0.29, 0.717) is 0 Å². The van der Waals surface area contributed by atoms with Gasteiger partial charge in [0.2, 0.25) is 15.7 Å². The van der Waals surface area contributed by atoms with Crippen LogP contribution in [0.4, 0.5) is 0 Å². The van der Waals surface area contributed by atoms with Crippen LogP contribution in [0.15, 0.2) is 23.4 Å². The zero-order chi connectivity index (χ0) is 14.6. The van der Waals surface area contributed by atoms with E-state index in [1.165, 1.54) is 18.3 Å². The Labute approximate surface area is 118 Å². The summed E-state index contributed by atoms with van der Waals surface area (Å²) in [7, 11) is -3.82. The SMILES string of the molecule is CC(C)C(C)NC(=O)CS(=O)(=O)c1ncccc1Cl. The summed E-state index contributed by atoms with van der Waals surface area (Å²) in [6.45, 7) is 5.70. The lowest BCUT2D eigenvalue weighted by molar-refractivity contribution is -0.119. The minimum absolute atomic E-state index is 0.0206. The highest BCUT2D eigenvalue weighted by molar-refractivity contribution is 7.92. The predicted molar refractivity (Wildman–Crippen MR) is 73.7 cm³/mol. The van der Waals surface area contributed by atoms with E-state index in [1.807, 2.05) is 20.8 Å². The molecule has 0 aliphatic rings. The number of pyridine rings is 1. The van der Waals surface area contributed by atoms with E-state index in [2.05, 4.69) is 10.3 Å². The molecule has 0 spiro atoms. The van der Waals surface area contributed by atoms with Crippen LogP contribution in [-0.4, -0.2) is 31.1 Å². The van der Waals surface area contributed by atoms with Crippen LogP contribution in [0, 0.1) is 5.92 Å². The summed E-state index contributed by atoms with van der Waals surface area (Å²) >= 11 is 5.78.